The van der Waals surface area contributed by atoms with Gasteiger partial charge >= 0.3 is 0 Å². The molecule has 0 spiro atoms. The molecule has 29 heavy (non-hydrogen) atoms. The molecule has 0 amide bonds. The van der Waals surface area contributed by atoms with Gasteiger partial charge in [0.15, 0.2) is 11.5 Å². The highest BCUT2D eigenvalue weighted by Crippen LogP contribution is 2.34. The Morgan fingerprint density at radius 1 is 1.21 bits per heavy atom. The number of rotatable bonds is 6. The molecule has 2 aliphatic rings. The first-order chi connectivity index (χ1) is 14.0. The van der Waals surface area contributed by atoms with Crippen molar-refractivity contribution >= 4 is 21.6 Å². The number of aromatic nitrogens is 1. The zero-order valence-corrected chi connectivity index (χ0v) is 17.5. The van der Waals surface area contributed by atoms with E-state index >= 15 is 0 Å². The number of hydrogen-bond acceptors (Lipinski definition) is 6. The molecule has 1 atom stereocenters. The van der Waals surface area contributed by atoms with Crippen molar-refractivity contribution < 1.29 is 17.9 Å². The Labute approximate surface area is 176 Å². The van der Waals surface area contributed by atoms with E-state index in [9.17, 15) is 8.42 Å². The summed E-state index contributed by atoms with van der Waals surface area (Å²) < 4.78 is 39.2. The van der Waals surface area contributed by atoms with E-state index in [0.717, 1.165) is 38.2 Å². The van der Waals surface area contributed by atoms with Crippen LogP contribution >= 0.6 is 11.6 Å². The molecule has 7 nitrogen and oxygen atoms in total. The van der Waals surface area contributed by atoms with Gasteiger partial charge in [-0.1, -0.05) is 11.6 Å². The predicted molar refractivity (Wildman–Crippen MR) is 110 cm³/mol. The maximum Gasteiger partial charge on any atom is 0.242 e. The molecule has 0 saturated carbocycles. The molecule has 1 aromatic heterocycles. The van der Waals surface area contributed by atoms with Crippen LogP contribution in [0.25, 0.3) is 0 Å². The Balaban J connectivity index is 1.23. The van der Waals surface area contributed by atoms with Gasteiger partial charge in [0.05, 0.1) is 0 Å². The number of likely N-dealkylation sites (tertiary alicyclic amines) is 1. The lowest BCUT2D eigenvalue weighted by Gasteiger charge is -2.35. The van der Waals surface area contributed by atoms with Crippen molar-refractivity contribution in [3.8, 4) is 11.5 Å². The summed E-state index contributed by atoms with van der Waals surface area (Å²) in [4.78, 5) is 6.42. The fraction of sp³-hybridized carbons (Fsp3) is 0.450. The summed E-state index contributed by atoms with van der Waals surface area (Å²) in [6.45, 7) is 3.54. The van der Waals surface area contributed by atoms with Crippen LogP contribution in [0.15, 0.2) is 47.6 Å². The molecule has 0 bridgehead atoms. The molecular weight excluding hydrogens is 414 g/mol. The van der Waals surface area contributed by atoms with E-state index in [-0.39, 0.29) is 11.0 Å². The van der Waals surface area contributed by atoms with Gasteiger partial charge in [0.2, 0.25) is 10.0 Å². The second-order valence-electron chi connectivity index (χ2n) is 7.43. The standard InChI is InChI=1S/C20H24ClN3O4S/c21-16-3-4-19-20(10-16)28-17(14-27-19)13-24-8-5-15(6-9-24)11-23-29(25,26)18-2-1-7-22-12-18/h1-4,7,10,12,15,17,23H,5-6,8-9,11,13-14H2. The third kappa shape index (κ3) is 5.19. The van der Waals surface area contributed by atoms with Crippen molar-refractivity contribution in [1.29, 1.82) is 0 Å². The number of sulfonamides is 1. The van der Waals surface area contributed by atoms with E-state index in [2.05, 4.69) is 14.6 Å². The molecule has 2 aromatic rings. The smallest absolute Gasteiger partial charge is 0.242 e. The molecule has 3 heterocycles. The summed E-state index contributed by atoms with van der Waals surface area (Å²) in [5.74, 6) is 1.74. The first-order valence-corrected chi connectivity index (χ1v) is 11.6. The minimum Gasteiger partial charge on any atom is -0.486 e. The average molecular weight is 438 g/mol. The van der Waals surface area contributed by atoms with Gasteiger partial charge in [0.25, 0.3) is 0 Å². The van der Waals surface area contributed by atoms with Crippen LogP contribution in [0.2, 0.25) is 5.02 Å². The Morgan fingerprint density at radius 2 is 2.03 bits per heavy atom. The number of halogens is 1. The Bertz CT molecular complexity index is 934. The Hall–Kier alpha value is -1.87. The lowest BCUT2D eigenvalue weighted by atomic mass is 9.97. The van der Waals surface area contributed by atoms with E-state index in [1.807, 2.05) is 6.07 Å². The Morgan fingerprint density at radius 3 is 2.79 bits per heavy atom. The van der Waals surface area contributed by atoms with Crippen LogP contribution in [0.1, 0.15) is 12.8 Å². The van der Waals surface area contributed by atoms with Crippen molar-refractivity contribution in [2.75, 3.05) is 32.8 Å². The van der Waals surface area contributed by atoms with Gasteiger partial charge in [0.1, 0.15) is 17.6 Å². The molecule has 2 aliphatic heterocycles. The number of benzene rings is 1. The van der Waals surface area contributed by atoms with Crippen LogP contribution in [0, 0.1) is 5.92 Å². The van der Waals surface area contributed by atoms with Gasteiger partial charge in [-0.15, -0.1) is 0 Å². The fourth-order valence-electron chi connectivity index (χ4n) is 3.66. The largest absolute Gasteiger partial charge is 0.486 e. The maximum atomic E-state index is 12.3. The topological polar surface area (TPSA) is 80.8 Å². The summed E-state index contributed by atoms with van der Waals surface area (Å²) in [6, 6.07) is 8.57. The van der Waals surface area contributed by atoms with Crippen LogP contribution in [0.5, 0.6) is 11.5 Å². The van der Waals surface area contributed by atoms with Crippen LogP contribution < -0.4 is 14.2 Å². The van der Waals surface area contributed by atoms with E-state index in [0.29, 0.717) is 29.8 Å². The molecule has 1 unspecified atom stereocenters. The highest BCUT2D eigenvalue weighted by Gasteiger charge is 2.27. The molecule has 1 N–H and O–H groups in total. The predicted octanol–water partition coefficient (Wildman–Crippen LogP) is 2.57. The summed E-state index contributed by atoms with van der Waals surface area (Å²) in [5.41, 5.74) is 0. The summed E-state index contributed by atoms with van der Waals surface area (Å²) in [5, 5.41) is 0.627. The molecule has 1 aromatic carbocycles. The van der Waals surface area contributed by atoms with Gasteiger partial charge in [-0.25, -0.2) is 13.1 Å². The SMILES string of the molecule is O=S(=O)(NCC1CCN(CC2COc3ccc(Cl)cc3O2)CC1)c1cccnc1. The van der Waals surface area contributed by atoms with E-state index in [1.54, 1.807) is 30.5 Å². The highest BCUT2D eigenvalue weighted by molar-refractivity contribution is 7.89. The van der Waals surface area contributed by atoms with Gasteiger partial charge in [-0.05, 0) is 56.1 Å². The van der Waals surface area contributed by atoms with Crippen LogP contribution in [-0.4, -0.2) is 57.2 Å². The number of fused-ring (bicyclic) bond motifs is 1. The third-order valence-electron chi connectivity index (χ3n) is 5.30. The van der Waals surface area contributed by atoms with Crippen LogP contribution in [0.3, 0.4) is 0 Å². The van der Waals surface area contributed by atoms with Crippen molar-refractivity contribution in [3.63, 3.8) is 0 Å². The maximum absolute atomic E-state index is 12.3. The minimum atomic E-state index is -3.50. The number of piperidine rings is 1. The number of nitrogens with one attached hydrogen (secondary N) is 1. The zero-order valence-electron chi connectivity index (χ0n) is 16.0. The zero-order chi connectivity index (χ0) is 20.3. The molecule has 4 rings (SSSR count). The number of ether oxygens (including phenoxy) is 2. The second kappa shape index (κ2) is 8.87. The quantitative estimate of drug-likeness (QED) is 0.748. The summed E-state index contributed by atoms with van der Waals surface area (Å²) in [7, 11) is -3.50. The molecular formula is C20H24ClN3O4S. The number of nitrogens with zero attached hydrogens (tertiary/aromatic N) is 2. The Kier molecular flexibility index (Phi) is 6.24. The van der Waals surface area contributed by atoms with Gasteiger partial charge in [-0.3, -0.25) is 9.88 Å². The molecule has 1 saturated heterocycles. The second-order valence-corrected chi connectivity index (χ2v) is 9.63. The highest BCUT2D eigenvalue weighted by atomic mass is 35.5. The number of pyridine rings is 1. The van der Waals surface area contributed by atoms with Crippen LogP contribution in [-0.2, 0) is 10.0 Å². The molecule has 9 heteroatoms. The first kappa shape index (κ1) is 20.4. The normalized spacial score (nSPS) is 20.5. The van der Waals surface area contributed by atoms with Gasteiger partial charge in [0, 0.05) is 36.6 Å². The van der Waals surface area contributed by atoms with E-state index in [4.69, 9.17) is 21.1 Å². The van der Waals surface area contributed by atoms with Crippen molar-refractivity contribution in [1.82, 2.24) is 14.6 Å². The van der Waals surface area contributed by atoms with Gasteiger partial charge in [-0.2, -0.15) is 0 Å². The van der Waals surface area contributed by atoms with Gasteiger partial charge < -0.3 is 9.47 Å². The molecule has 1 fully saturated rings. The van der Waals surface area contributed by atoms with Crippen molar-refractivity contribution in [3.05, 3.63) is 47.7 Å². The fourth-order valence-corrected chi connectivity index (χ4v) is 4.90. The van der Waals surface area contributed by atoms with Crippen molar-refractivity contribution in [2.45, 2.75) is 23.8 Å². The first-order valence-electron chi connectivity index (χ1n) is 9.71. The van der Waals surface area contributed by atoms with Crippen molar-refractivity contribution in [2.24, 2.45) is 5.92 Å². The minimum absolute atomic E-state index is 0.0402. The summed E-state index contributed by atoms with van der Waals surface area (Å²) >= 11 is 6.03. The van der Waals surface area contributed by atoms with E-state index in [1.165, 1.54) is 6.20 Å². The number of hydrogen-bond donors (Lipinski definition) is 1. The molecule has 156 valence electrons. The monoisotopic (exact) mass is 437 g/mol. The lowest BCUT2D eigenvalue weighted by Crippen LogP contribution is -2.45. The molecule has 0 aliphatic carbocycles. The third-order valence-corrected chi connectivity index (χ3v) is 6.94. The summed E-state index contributed by atoms with van der Waals surface area (Å²) in [6.07, 6.45) is 4.75. The average Bonchev–Trinajstić information content (AvgIpc) is 2.74. The lowest BCUT2D eigenvalue weighted by molar-refractivity contribution is 0.0481. The van der Waals surface area contributed by atoms with Crippen LogP contribution in [0.4, 0.5) is 0 Å². The molecule has 0 radical (unpaired) electrons. The van der Waals surface area contributed by atoms with E-state index < -0.39 is 10.0 Å².